The second-order valence-corrected chi connectivity index (χ2v) is 5.95. The number of hydrogen-bond donors (Lipinski definition) is 0. The van der Waals surface area contributed by atoms with Crippen molar-refractivity contribution >= 4 is 11.6 Å². The van der Waals surface area contributed by atoms with Crippen molar-refractivity contribution in [2.24, 2.45) is 0 Å². The Morgan fingerprint density at radius 2 is 2.04 bits per heavy atom. The van der Waals surface area contributed by atoms with E-state index in [4.69, 9.17) is 9.47 Å². The molecule has 4 rings (SSSR count). The molecule has 138 valence electrons. The standard InChI is InChI=1S/C20H18FN3O3/c1-2-26-17-13-24(14-7-4-3-5-8-14)22-18(17)20(25)23-11-12-27-16-10-6-9-15(21)19(16)23/h3-10,13H,2,11-12H2,1H3. The average Bonchev–Trinajstić information content (AvgIpc) is 3.12. The SMILES string of the molecule is CCOc1cn(-c2ccccc2)nc1C(=O)N1CCOc2cccc(F)c21. The summed E-state index contributed by atoms with van der Waals surface area (Å²) in [4.78, 5) is 14.6. The van der Waals surface area contributed by atoms with Gasteiger partial charge in [-0.25, -0.2) is 9.07 Å². The molecule has 0 bridgehead atoms. The van der Waals surface area contributed by atoms with E-state index in [-0.39, 0.29) is 24.5 Å². The van der Waals surface area contributed by atoms with Crippen LogP contribution in [0.2, 0.25) is 0 Å². The first kappa shape index (κ1) is 17.1. The normalized spacial score (nSPS) is 13.0. The van der Waals surface area contributed by atoms with Crippen molar-refractivity contribution in [3.8, 4) is 17.2 Å². The molecule has 3 aromatic rings. The van der Waals surface area contributed by atoms with Gasteiger partial charge in [0.05, 0.1) is 25.0 Å². The van der Waals surface area contributed by atoms with Crippen LogP contribution in [-0.4, -0.2) is 35.4 Å². The molecular formula is C20H18FN3O3. The first-order valence-corrected chi connectivity index (χ1v) is 8.70. The van der Waals surface area contributed by atoms with Crippen LogP contribution in [0, 0.1) is 5.82 Å². The molecule has 6 nitrogen and oxygen atoms in total. The monoisotopic (exact) mass is 367 g/mol. The highest BCUT2D eigenvalue weighted by Crippen LogP contribution is 2.35. The van der Waals surface area contributed by atoms with Crippen molar-refractivity contribution in [1.29, 1.82) is 0 Å². The van der Waals surface area contributed by atoms with E-state index in [1.54, 1.807) is 23.0 Å². The molecule has 0 N–H and O–H groups in total. The molecule has 0 aliphatic carbocycles. The number of amides is 1. The molecule has 1 aliphatic heterocycles. The van der Waals surface area contributed by atoms with Gasteiger partial charge in [-0.15, -0.1) is 0 Å². The minimum Gasteiger partial charge on any atom is -0.490 e. The Hall–Kier alpha value is -3.35. The number of nitrogens with zero attached hydrogens (tertiary/aromatic N) is 3. The highest BCUT2D eigenvalue weighted by Gasteiger charge is 2.31. The van der Waals surface area contributed by atoms with E-state index in [0.29, 0.717) is 18.1 Å². The number of carbonyl (C=O) groups excluding carboxylic acids is 1. The highest BCUT2D eigenvalue weighted by atomic mass is 19.1. The summed E-state index contributed by atoms with van der Waals surface area (Å²) in [5, 5.41) is 4.41. The van der Waals surface area contributed by atoms with Gasteiger partial charge in [0, 0.05) is 0 Å². The van der Waals surface area contributed by atoms with Gasteiger partial charge in [-0.1, -0.05) is 24.3 Å². The lowest BCUT2D eigenvalue weighted by Crippen LogP contribution is -2.39. The summed E-state index contributed by atoms with van der Waals surface area (Å²) in [6.45, 7) is 2.73. The summed E-state index contributed by atoms with van der Waals surface area (Å²) in [5.41, 5.74) is 1.06. The third kappa shape index (κ3) is 3.12. The number of hydrogen-bond acceptors (Lipinski definition) is 4. The number of fused-ring (bicyclic) bond motifs is 1. The summed E-state index contributed by atoms with van der Waals surface area (Å²) < 4.78 is 27.1. The Kier molecular flexibility index (Phi) is 4.50. The number of ether oxygens (including phenoxy) is 2. The van der Waals surface area contributed by atoms with Gasteiger partial charge in [-0.2, -0.15) is 5.10 Å². The van der Waals surface area contributed by atoms with E-state index in [1.807, 2.05) is 37.3 Å². The fourth-order valence-electron chi connectivity index (χ4n) is 3.04. The molecule has 0 saturated carbocycles. The lowest BCUT2D eigenvalue weighted by Gasteiger charge is -2.29. The molecule has 7 heteroatoms. The summed E-state index contributed by atoms with van der Waals surface area (Å²) in [6, 6.07) is 13.9. The Bertz CT molecular complexity index is 972. The van der Waals surface area contributed by atoms with Gasteiger partial charge < -0.3 is 9.47 Å². The van der Waals surface area contributed by atoms with Gasteiger partial charge >= 0.3 is 0 Å². The number of rotatable bonds is 4. The summed E-state index contributed by atoms with van der Waals surface area (Å²) >= 11 is 0. The quantitative estimate of drug-likeness (QED) is 0.709. The minimum absolute atomic E-state index is 0.130. The molecular weight excluding hydrogens is 349 g/mol. The molecule has 1 aliphatic rings. The highest BCUT2D eigenvalue weighted by molar-refractivity contribution is 6.07. The van der Waals surface area contributed by atoms with E-state index >= 15 is 0 Å². The van der Waals surface area contributed by atoms with Crippen LogP contribution < -0.4 is 14.4 Å². The average molecular weight is 367 g/mol. The minimum atomic E-state index is -0.513. The van der Waals surface area contributed by atoms with Gasteiger partial charge in [0.1, 0.15) is 18.0 Å². The zero-order valence-corrected chi connectivity index (χ0v) is 14.8. The molecule has 0 atom stereocenters. The number of benzene rings is 2. The molecule has 2 aromatic carbocycles. The van der Waals surface area contributed by atoms with Crippen LogP contribution in [0.3, 0.4) is 0 Å². The predicted octanol–water partition coefficient (Wildman–Crippen LogP) is 3.45. The Balaban J connectivity index is 1.76. The maximum Gasteiger partial charge on any atom is 0.282 e. The lowest BCUT2D eigenvalue weighted by molar-refractivity contribution is 0.0966. The van der Waals surface area contributed by atoms with Gasteiger partial charge in [0.25, 0.3) is 5.91 Å². The van der Waals surface area contributed by atoms with Crippen LogP contribution in [-0.2, 0) is 0 Å². The molecule has 0 unspecified atom stereocenters. The van der Waals surface area contributed by atoms with Gasteiger partial charge in [0.2, 0.25) is 0 Å². The number of aromatic nitrogens is 2. The van der Waals surface area contributed by atoms with E-state index in [1.165, 1.54) is 11.0 Å². The van der Waals surface area contributed by atoms with Crippen molar-refractivity contribution in [3.63, 3.8) is 0 Å². The predicted molar refractivity (Wildman–Crippen MR) is 98.3 cm³/mol. The fraction of sp³-hybridized carbons (Fsp3) is 0.200. The Morgan fingerprint density at radius 1 is 1.22 bits per heavy atom. The smallest absolute Gasteiger partial charge is 0.282 e. The fourth-order valence-corrected chi connectivity index (χ4v) is 3.04. The van der Waals surface area contributed by atoms with E-state index < -0.39 is 11.7 Å². The van der Waals surface area contributed by atoms with Crippen molar-refractivity contribution in [2.45, 2.75) is 6.92 Å². The van der Waals surface area contributed by atoms with E-state index in [0.717, 1.165) is 5.69 Å². The van der Waals surface area contributed by atoms with Crippen LogP contribution in [0.25, 0.3) is 5.69 Å². The first-order chi connectivity index (χ1) is 13.2. The molecule has 1 aromatic heterocycles. The van der Waals surface area contributed by atoms with E-state index in [9.17, 15) is 9.18 Å². The van der Waals surface area contributed by atoms with Gasteiger partial charge in [-0.3, -0.25) is 9.69 Å². The zero-order chi connectivity index (χ0) is 18.8. The van der Waals surface area contributed by atoms with Crippen molar-refractivity contribution in [1.82, 2.24) is 9.78 Å². The van der Waals surface area contributed by atoms with Crippen molar-refractivity contribution in [2.75, 3.05) is 24.7 Å². The maximum absolute atomic E-state index is 14.4. The second-order valence-electron chi connectivity index (χ2n) is 5.95. The number of halogens is 1. The Labute approximate surface area is 155 Å². The zero-order valence-electron chi connectivity index (χ0n) is 14.8. The second kappa shape index (κ2) is 7.11. The van der Waals surface area contributed by atoms with Crippen LogP contribution in [0.4, 0.5) is 10.1 Å². The number of para-hydroxylation sites is 2. The Morgan fingerprint density at radius 3 is 2.81 bits per heavy atom. The molecule has 0 radical (unpaired) electrons. The summed E-state index contributed by atoms with van der Waals surface area (Å²) in [7, 11) is 0. The van der Waals surface area contributed by atoms with Gasteiger partial charge in [-0.05, 0) is 31.2 Å². The molecule has 2 heterocycles. The van der Waals surface area contributed by atoms with Crippen molar-refractivity contribution in [3.05, 3.63) is 66.2 Å². The molecule has 0 saturated heterocycles. The van der Waals surface area contributed by atoms with Crippen LogP contribution in [0.5, 0.6) is 11.5 Å². The topological polar surface area (TPSA) is 56.6 Å². The van der Waals surface area contributed by atoms with Crippen molar-refractivity contribution < 1.29 is 18.7 Å². The lowest BCUT2D eigenvalue weighted by atomic mass is 10.2. The van der Waals surface area contributed by atoms with Gasteiger partial charge in [0.15, 0.2) is 17.3 Å². The summed E-state index contributed by atoms with van der Waals surface area (Å²) in [5.74, 6) is -0.241. The van der Waals surface area contributed by atoms with Crippen LogP contribution in [0.1, 0.15) is 17.4 Å². The molecule has 0 fully saturated rings. The maximum atomic E-state index is 14.4. The summed E-state index contributed by atoms with van der Waals surface area (Å²) in [6.07, 6.45) is 1.66. The van der Waals surface area contributed by atoms with Crippen LogP contribution in [0.15, 0.2) is 54.7 Å². The molecule has 27 heavy (non-hydrogen) atoms. The van der Waals surface area contributed by atoms with Crippen LogP contribution >= 0.6 is 0 Å². The third-order valence-corrected chi connectivity index (χ3v) is 4.24. The number of anilines is 1. The largest absolute Gasteiger partial charge is 0.490 e. The molecule has 0 spiro atoms. The number of carbonyl (C=O) groups is 1. The van der Waals surface area contributed by atoms with E-state index in [2.05, 4.69) is 5.10 Å². The molecule has 1 amide bonds. The first-order valence-electron chi connectivity index (χ1n) is 8.70. The third-order valence-electron chi connectivity index (χ3n) is 4.24.